The van der Waals surface area contributed by atoms with Gasteiger partial charge in [0.05, 0.1) is 6.54 Å². The van der Waals surface area contributed by atoms with Gasteiger partial charge in [-0.15, -0.1) is 0 Å². The minimum Gasteiger partial charge on any atom is -0.388 e. The Morgan fingerprint density at radius 1 is 0.769 bits per heavy atom. The van der Waals surface area contributed by atoms with Gasteiger partial charge in [-0.25, -0.2) is 0 Å². The minimum absolute atomic E-state index is 0.355. The molecule has 0 spiro atoms. The van der Waals surface area contributed by atoms with Gasteiger partial charge in [-0.1, -0.05) is 75.8 Å². The molecule has 150 valence electrons. The van der Waals surface area contributed by atoms with Crippen molar-refractivity contribution in [2.45, 2.75) is 90.9 Å². The number of aliphatic hydroxyl groups is 2. The summed E-state index contributed by atoms with van der Waals surface area (Å²) in [5, 5.41) is 20.2. The topological polar surface area (TPSA) is 40.5 Å². The van der Waals surface area contributed by atoms with E-state index in [0.717, 1.165) is 17.6 Å². The summed E-state index contributed by atoms with van der Waals surface area (Å²) in [5.74, 6) is 0. The molecule has 2 N–H and O–H groups in total. The van der Waals surface area contributed by atoms with E-state index in [4.69, 9.17) is 0 Å². The molecule has 0 saturated carbocycles. The second-order valence-electron chi connectivity index (χ2n) is 8.25. The highest BCUT2D eigenvalue weighted by molar-refractivity contribution is 5.13. The predicted octanol–water partition coefficient (Wildman–Crippen LogP) is 4.91. The number of unbranched alkanes of at least 4 members (excludes halogenated alkanes) is 7. The molecule has 3 heteroatoms. The van der Waals surface area contributed by atoms with Gasteiger partial charge >= 0.3 is 0 Å². The van der Waals surface area contributed by atoms with Crippen LogP contribution in [-0.2, 0) is 6.54 Å². The van der Waals surface area contributed by atoms with Crippen molar-refractivity contribution in [2.75, 3.05) is 19.6 Å². The summed E-state index contributed by atoms with van der Waals surface area (Å²) in [6, 6.07) is 10.5. The molecule has 0 saturated heterocycles. The molecule has 0 bridgehead atoms. The molecule has 1 aromatic carbocycles. The van der Waals surface area contributed by atoms with Gasteiger partial charge in [-0.2, -0.15) is 0 Å². The second-order valence-corrected chi connectivity index (χ2v) is 8.25. The highest BCUT2D eigenvalue weighted by atomic mass is 16.3. The maximum Gasteiger partial charge on any atom is 0.105 e. The van der Waals surface area contributed by atoms with E-state index in [1.165, 1.54) is 56.9 Å². The molecule has 0 aliphatic carbocycles. The van der Waals surface area contributed by atoms with Crippen LogP contribution < -0.4 is 0 Å². The van der Waals surface area contributed by atoms with Gasteiger partial charge in [0.25, 0.3) is 0 Å². The van der Waals surface area contributed by atoms with Gasteiger partial charge in [0, 0.05) is 5.56 Å². The molecule has 0 aliphatic heterocycles. The highest BCUT2D eigenvalue weighted by Crippen LogP contribution is 2.20. The predicted molar refractivity (Wildman–Crippen MR) is 111 cm³/mol. The average Bonchev–Trinajstić information content (AvgIpc) is 2.57. The van der Waals surface area contributed by atoms with Gasteiger partial charge in [-0.05, 0) is 26.7 Å². The molecular weight excluding hydrogens is 322 g/mol. The van der Waals surface area contributed by atoms with Crippen molar-refractivity contribution in [2.24, 2.45) is 0 Å². The monoisotopic (exact) mass is 364 g/mol. The molecule has 2 unspecified atom stereocenters. The van der Waals surface area contributed by atoms with Crippen molar-refractivity contribution in [3.8, 4) is 0 Å². The van der Waals surface area contributed by atoms with Crippen LogP contribution in [0.1, 0.15) is 77.7 Å². The molecule has 0 heterocycles. The molecular formula is C23H42NO2+. The maximum atomic E-state index is 10.1. The third-order valence-electron chi connectivity index (χ3n) is 5.15. The number of benzene rings is 1. The molecule has 0 aliphatic rings. The summed E-state index contributed by atoms with van der Waals surface area (Å²) in [6.45, 7) is 9.31. The fraction of sp³-hybridized carbons (Fsp3) is 0.739. The van der Waals surface area contributed by atoms with Crippen molar-refractivity contribution >= 4 is 0 Å². The largest absolute Gasteiger partial charge is 0.388 e. The Hall–Kier alpha value is -0.900. The lowest BCUT2D eigenvalue weighted by atomic mass is 10.1. The summed E-state index contributed by atoms with van der Waals surface area (Å²) >= 11 is 0. The Labute approximate surface area is 161 Å². The van der Waals surface area contributed by atoms with Crippen LogP contribution in [0.15, 0.2) is 30.3 Å². The van der Waals surface area contributed by atoms with E-state index in [-0.39, 0.29) is 12.2 Å². The zero-order valence-corrected chi connectivity index (χ0v) is 17.4. The average molecular weight is 365 g/mol. The minimum atomic E-state index is -0.355. The molecule has 0 fully saturated rings. The quantitative estimate of drug-likeness (QED) is 0.343. The van der Waals surface area contributed by atoms with E-state index in [0.29, 0.717) is 13.1 Å². The standard InChI is InChI=1S/C23H42NO2/c1-4-5-6-7-8-9-10-14-17-24(18-21(2)25,19-22(3)26)20-23-15-12-11-13-16-23/h11-13,15-16,21-22,25-26H,4-10,14,17-20H2,1-3H3/q+1. The SMILES string of the molecule is CCCCCCCCCC[N+](Cc1ccccc1)(CC(C)O)CC(C)O. The molecule has 1 aromatic rings. The Morgan fingerprint density at radius 3 is 1.77 bits per heavy atom. The van der Waals surface area contributed by atoms with Crippen molar-refractivity contribution in [3.05, 3.63) is 35.9 Å². The van der Waals surface area contributed by atoms with Gasteiger partial charge in [-0.3, -0.25) is 0 Å². The number of hydrogen-bond acceptors (Lipinski definition) is 2. The first kappa shape index (κ1) is 23.1. The molecule has 0 aromatic heterocycles. The van der Waals surface area contributed by atoms with Crippen LogP contribution in [0.25, 0.3) is 0 Å². The number of nitrogens with zero attached hydrogens (tertiary/aromatic N) is 1. The summed E-state index contributed by atoms with van der Waals surface area (Å²) < 4.78 is 0.773. The van der Waals surface area contributed by atoms with Crippen LogP contribution in [0.2, 0.25) is 0 Å². The van der Waals surface area contributed by atoms with Crippen molar-refractivity contribution in [3.63, 3.8) is 0 Å². The van der Waals surface area contributed by atoms with E-state index in [9.17, 15) is 10.2 Å². The van der Waals surface area contributed by atoms with Gasteiger partial charge in [0.15, 0.2) is 0 Å². The number of rotatable bonds is 15. The molecule has 3 nitrogen and oxygen atoms in total. The van der Waals surface area contributed by atoms with Crippen LogP contribution in [0.3, 0.4) is 0 Å². The van der Waals surface area contributed by atoms with E-state index in [1.54, 1.807) is 0 Å². The third-order valence-corrected chi connectivity index (χ3v) is 5.15. The summed E-state index contributed by atoms with van der Waals surface area (Å²) in [5.41, 5.74) is 1.29. The van der Waals surface area contributed by atoms with Crippen LogP contribution >= 0.6 is 0 Å². The zero-order valence-electron chi connectivity index (χ0n) is 17.4. The molecule has 0 amide bonds. The number of aliphatic hydroxyl groups excluding tert-OH is 2. The van der Waals surface area contributed by atoms with E-state index >= 15 is 0 Å². The molecule has 0 radical (unpaired) electrons. The fourth-order valence-electron chi connectivity index (χ4n) is 4.14. The molecule has 26 heavy (non-hydrogen) atoms. The van der Waals surface area contributed by atoms with Crippen LogP contribution in [0.5, 0.6) is 0 Å². The maximum absolute atomic E-state index is 10.1. The third kappa shape index (κ3) is 10.3. The Kier molecular flexibility index (Phi) is 11.8. The normalized spacial score (nSPS) is 16.2. The van der Waals surface area contributed by atoms with Crippen LogP contribution in [-0.4, -0.2) is 46.5 Å². The van der Waals surface area contributed by atoms with Crippen molar-refractivity contribution in [1.29, 1.82) is 0 Å². The van der Waals surface area contributed by atoms with E-state index < -0.39 is 0 Å². The number of hydrogen-bond donors (Lipinski definition) is 2. The highest BCUT2D eigenvalue weighted by Gasteiger charge is 2.30. The lowest BCUT2D eigenvalue weighted by molar-refractivity contribution is -0.946. The van der Waals surface area contributed by atoms with Gasteiger partial charge in [0.2, 0.25) is 0 Å². The van der Waals surface area contributed by atoms with Gasteiger partial charge < -0.3 is 14.7 Å². The van der Waals surface area contributed by atoms with E-state index in [1.807, 2.05) is 19.9 Å². The van der Waals surface area contributed by atoms with Crippen LogP contribution in [0.4, 0.5) is 0 Å². The number of quaternary nitrogens is 1. The van der Waals surface area contributed by atoms with Crippen LogP contribution in [0, 0.1) is 0 Å². The molecule has 2 atom stereocenters. The first-order chi connectivity index (χ1) is 12.5. The van der Waals surface area contributed by atoms with Crippen molar-refractivity contribution in [1.82, 2.24) is 0 Å². The first-order valence-electron chi connectivity index (χ1n) is 10.7. The second kappa shape index (κ2) is 13.3. The smallest absolute Gasteiger partial charge is 0.105 e. The van der Waals surface area contributed by atoms with E-state index in [2.05, 4.69) is 31.2 Å². The summed E-state index contributed by atoms with van der Waals surface area (Å²) in [4.78, 5) is 0. The zero-order chi connectivity index (χ0) is 19.3. The Bertz CT molecular complexity index is 435. The summed E-state index contributed by atoms with van der Waals surface area (Å²) in [7, 11) is 0. The molecule has 1 rings (SSSR count). The lowest BCUT2D eigenvalue weighted by Crippen LogP contribution is -2.54. The van der Waals surface area contributed by atoms with Gasteiger partial charge in [0.1, 0.15) is 31.8 Å². The van der Waals surface area contributed by atoms with Crippen molar-refractivity contribution < 1.29 is 14.7 Å². The Balaban J connectivity index is 2.60. The Morgan fingerprint density at radius 2 is 1.27 bits per heavy atom. The first-order valence-corrected chi connectivity index (χ1v) is 10.7. The fourth-order valence-corrected chi connectivity index (χ4v) is 4.14. The lowest BCUT2D eigenvalue weighted by Gasteiger charge is -2.41. The summed E-state index contributed by atoms with van der Waals surface area (Å²) in [6.07, 6.45) is 9.74.